The summed E-state index contributed by atoms with van der Waals surface area (Å²) in [4.78, 5) is 5.27. The molecule has 1 fully saturated rings. The van der Waals surface area contributed by atoms with Gasteiger partial charge in [-0.15, -0.1) is 11.8 Å². The van der Waals surface area contributed by atoms with Gasteiger partial charge < -0.3 is 4.74 Å². The lowest BCUT2D eigenvalue weighted by molar-refractivity contribution is 0.127. The number of aryl methyl sites for hydroxylation is 1. The first-order valence-corrected chi connectivity index (χ1v) is 6.33. The fraction of sp³-hybridized carbons (Fsp3) is 0.545. The highest BCUT2D eigenvalue weighted by molar-refractivity contribution is 8.00. The maximum absolute atomic E-state index is 5.88. The Bertz CT molecular complexity index is 358. The maximum Gasteiger partial charge on any atom is 0.130 e. The molecule has 1 aromatic heterocycles. The first-order chi connectivity index (χ1) is 7.16. The zero-order valence-corrected chi connectivity index (χ0v) is 10.4. The number of ether oxygens (including phenoxy) is 1. The summed E-state index contributed by atoms with van der Waals surface area (Å²) in [5, 5.41) is 1.11. The second-order valence-corrected chi connectivity index (χ2v) is 5.46. The molecule has 4 heteroatoms. The Balaban J connectivity index is 2.12. The summed E-state index contributed by atoms with van der Waals surface area (Å²) < 4.78 is 5.54. The third-order valence-corrected chi connectivity index (χ3v) is 4.43. The minimum absolute atomic E-state index is 0.335. The first kappa shape index (κ1) is 11.2. The molecule has 0 amide bonds. The molecule has 0 bridgehead atoms. The minimum atomic E-state index is 0.335. The van der Waals surface area contributed by atoms with Crippen LogP contribution in [0.4, 0.5) is 0 Å². The van der Waals surface area contributed by atoms with Crippen LogP contribution < -0.4 is 0 Å². The van der Waals surface area contributed by atoms with Crippen LogP contribution in [0.15, 0.2) is 17.2 Å². The Morgan fingerprint density at radius 1 is 1.60 bits per heavy atom. The number of nitrogens with zero attached hydrogens (tertiary/aromatic N) is 1. The summed E-state index contributed by atoms with van der Waals surface area (Å²) in [6.07, 6.45) is 3.28. The van der Waals surface area contributed by atoms with Crippen molar-refractivity contribution in [2.24, 2.45) is 0 Å². The normalized spacial score (nSPS) is 25.8. The quantitative estimate of drug-likeness (QED) is 0.744. The molecule has 0 aliphatic carbocycles. The van der Waals surface area contributed by atoms with Crippen LogP contribution in [-0.2, 0) is 4.74 Å². The Labute approximate surface area is 99.4 Å². The van der Waals surface area contributed by atoms with Crippen molar-refractivity contribution < 1.29 is 4.74 Å². The molecule has 2 heterocycles. The second kappa shape index (κ2) is 4.73. The summed E-state index contributed by atoms with van der Waals surface area (Å²) in [7, 11) is 0. The van der Waals surface area contributed by atoms with E-state index in [1.807, 2.05) is 24.0 Å². The van der Waals surface area contributed by atoms with E-state index in [9.17, 15) is 0 Å². The molecule has 1 aromatic rings. The summed E-state index contributed by atoms with van der Waals surface area (Å²) >= 11 is 7.73. The zero-order valence-electron chi connectivity index (χ0n) is 8.87. The van der Waals surface area contributed by atoms with Crippen LogP contribution in [0.2, 0.25) is 5.15 Å². The molecule has 1 aliphatic rings. The number of thioether (sulfide) groups is 1. The number of hydrogen-bond acceptors (Lipinski definition) is 3. The van der Waals surface area contributed by atoms with Crippen molar-refractivity contribution >= 4 is 23.4 Å². The molecule has 0 spiro atoms. The maximum atomic E-state index is 5.88. The Morgan fingerprint density at radius 2 is 2.40 bits per heavy atom. The smallest absolute Gasteiger partial charge is 0.130 e. The monoisotopic (exact) mass is 243 g/mol. The summed E-state index contributed by atoms with van der Waals surface area (Å²) in [6.45, 7) is 5.06. The third-order valence-electron chi connectivity index (χ3n) is 2.61. The van der Waals surface area contributed by atoms with Gasteiger partial charge >= 0.3 is 0 Å². The topological polar surface area (TPSA) is 22.1 Å². The van der Waals surface area contributed by atoms with Gasteiger partial charge in [0.15, 0.2) is 0 Å². The van der Waals surface area contributed by atoms with Crippen molar-refractivity contribution in [3.05, 3.63) is 23.0 Å². The van der Waals surface area contributed by atoms with E-state index >= 15 is 0 Å². The van der Waals surface area contributed by atoms with Crippen LogP contribution in [0.3, 0.4) is 0 Å². The van der Waals surface area contributed by atoms with E-state index in [2.05, 4.69) is 18.8 Å². The van der Waals surface area contributed by atoms with Gasteiger partial charge in [0.25, 0.3) is 0 Å². The van der Waals surface area contributed by atoms with Crippen molar-refractivity contribution in [2.45, 2.75) is 36.5 Å². The van der Waals surface area contributed by atoms with Gasteiger partial charge in [0.1, 0.15) is 5.15 Å². The van der Waals surface area contributed by atoms with Crippen molar-refractivity contribution in [1.82, 2.24) is 4.98 Å². The van der Waals surface area contributed by atoms with Gasteiger partial charge in [0, 0.05) is 22.9 Å². The van der Waals surface area contributed by atoms with Gasteiger partial charge in [0.05, 0.1) is 6.10 Å². The molecule has 15 heavy (non-hydrogen) atoms. The fourth-order valence-electron chi connectivity index (χ4n) is 1.64. The van der Waals surface area contributed by atoms with E-state index in [4.69, 9.17) is 16.3 Å². The van der Waals surface area contributed by atoms with Crippen LogP contribution in [0, 0.1) is 6.92 Å². The van der Waals surface area contributed by atoms with Gasteiger partial charge in [-0.25, -0.2) is 4.98 Å². The molecule has 0 radical (unpaired) electrons. The van der Waals surface area contributed by atoms with Crippen LogP contribution in [0.5, 0.6) is 0 Å². The summed E-state index contributed by atoms with van der Waals surface area (Å²) in [5.74, 6) is 0. The van der Waals surface area contributed by atoms with Crippen molar-refractivity contribution in [3.8, 4) is 0 Å². The molecule has 2 atom stereocenters. The number of aromatic nitrogens is 1. The van der Waals surface area contributed by atoms with Gasteiger partial charge in [-0.1, -0.05) is 11.6 Å². The Kier molecular flexibility index (Phi) is 3.54. The van der Waals surface area contributed by atoms with E-state index in [0.717, 1.165) is 13.0 Å². The van der Waals surface area contributed by atoms with Gasteiger partial charge in [-0.05, 0) is 31.9 Å². The molecule has 0 saturated carbocycles. The molecule has 2 nitrogen and oxygen atoms in total. The molecule has 0 N–H and O–H groups in total. The molecular weight excluding hydrogens is 230 g/mol. The largest absolute Gasteiger partial charge is 0.377 e. The third kappa shape index (κ3) is 2.65. The summed E-state index contributed by atoms with van der Waals surface area (Å²) in [5.41, 5.74) is 1.18. The van der Waals surface area contributed by atoms with Crippen molar-refractivity contribution in [2.75, 3.05) is 6.61 Å². The molecule has 2 rings (SSSR count). The van der Waals surface area contributed by atoms with E-state index in [-0.39, 0.29) is 0 Å². The number of halogens is 1. The SMILES string of the molecule is Cc1cnc(Cl)cc1SC1CCOC1C. The van der Waals surface area contributed by atoms with Crippen molar-refractivity contribution in [3.63, 3.8) is 0 Å². The molecule has 1 saturated heterocycles. The molecule has 0 aromatic carbocycles. The average molecular weight is 244 g/mol. The zero-order chi connectivity index (χ0) is 10.8. The second-order valence-electron chi connectivity index (χ2n) is 3.79. The van der Waals surface area contributed by atoms with E-state index in [1.165, 1.54) is 10.5 Å². The molecule has 2 unspecified atom stereocenters. The molecular formula is C11H14ClNOS. The van der Waals surface area contributed by atoms with Crippen LogP contribution >= 0.6 is 23.4 Å². The lowest BCUT2D eigenvalue weighted by Crippen LogP contribution is -2.13. The van der Waals surface area contributed by atoms with E-state index in [1.54, 1.807) is 0 Å². The highest BCUT2D eigenvalue weighted by Gasteiger charge is 2.25. The van der Waals surface area contributed by atoms with Crippen LogP contribution in [0.1, 0.15) is 18.9 Å². The van der Waals surface area contributed by atoms with Gasteiger partial charge in [-0.2, -0.15) is 0 Å². The number of pyridine rings is 1. The summed E-state index contributed by atoms with van der Waals surface area (Å²) in [6, 6.07) is 1.94. The minimum Gasteiger partial charge on any atom is -0.377 e. The molecule has 1 aliphatic heterocycles. The predicted molar refractivity (Wildman–Crippen MR) is 63.7 cm³/mol. The average Bonchev–Trinajstić information content (AvgIpc) is 2.58. The highest BCUT2D eigenvalue weighted by Crippen LogP contribution is 2.34. The fourth-order valence-corrected chi connectivity index (χ4v) is 3.09. The van der Waals surface area contributed by atoms with Crippen molar-refractivity contribution in [1.29, 1.82) is 0 Å². The lowest BCUT2D eigenvalue weighted by atomic mass is 10.3. The Morgan fingerprint density at radius 3 is 3.07 bits per heavy atom. The van der Waals surface area contributed by atoms with Crippen LogP contribution in [-0.4, -0.2) is 22.9 Å². The van der Waals surface area contributed by atoms with E-state index < -0.39 is 0 Å². The highest BCUT2D eigenvalue weighted by atomic mass is 35.5. The van der Waals surface area contributed by atoms with E-state index in [0.29, 0.717) is 16.5 Å². The standard InChI is InChI=1S/C11H14ClNOS/c1-7-6-13-11(12)5-10(7)15-9-3-4-14-8(9)2/h5-6,8-9H,3-4H2,1-2H3. The van der Waals surface area contributed by atoms with Crippen LogP contribution in [0.25, 0.3) is 0 Å². The lowest BCUT2D eigenvalue weighted by Gasteiger charge is -2.14. The first-order valence-electron chi connectivity index (χ1n) is 5.07. The number of hydrogen-bond donors (Lipinski definition) is 0. The number of rotatable bonds is 2. The van der Waals surface area contributed by atoms with Gasteiger partial charge in [-0.3, -0.25) is 0 Å². The molecule has 82 valence electrons. The predicted octanol–water partition coefficient (Wildman–Crippen LogP) is 3.31. The Hall–Kier alpha value is -0.250. The van der Waals surface area contributed by atoms with Gasteiger partial charge in [0.2, 0.25) is 0 Å².